The maximum Gasteiger partial charge on any atom is 0.150 e. The highest BCUT2D eigenvalue weighted by Crippen LogP contribution is 2.27. The highest BCUT2D eigenvalue weighted by molar-refractivity contribution is 5.92. The Bertz CT molecular complexity index is 495. The fourth-order valence-corrected chi connectivity index (χ4v) is 3.83. The molecule has 0 bridgehead atoms. The standard InChI is InChI=1S/C26H53N3O2/c1-19(2)27-16-12-10-14-22(25(31)26(7,8)9)18-24(30)23(29-21(5)6)15-11-13-17-28-20(3)4/h19-23,27-29H,10-18H2,1-9H3/t22?,23-/m0/s1. The van der Waals surface area contributed by atoms with Gasteiger partial charge in [0.1, 0.15) is 11.6 Å². The van der Waals surface area contributed by atoms with Gasteiger partial charge < -0.3 is 16.0 Å². The minimum atomic E-state index is -0.412. The molecule has 0 aromatic rings. The molecule has 0 aromatic heterocycles. The van der Waals surface area contributed by atoms with Gasteiger partial charge in [0.15, 0.2) is 0 Å². The number of Topliss-reactive ketones (excluding diaryl/α,β-unsaturated/α-hetero) is 2. The predicted octanol–water partition coefficient (Wildman–Crippen LogP) is 4.88. The summed E-state index contributed by atoms with van der Waals surface area (Å²) in [6.45, 7) is 20.6. The molecule has 3 N–H and O–H groups in total. The van der Waals surface area contributed by atoms with Crippen molar-refractivity contribution in [1.29, 1.82) is 0 Å². The van der Waals surface area contributed by atoms with E-state index in [4.69, 9.17) is 0 Å². The fraction of sp³-hybridized carbons (Fsp3) is 0.923. The second-order valence-corrected chi connectivity index (χ2v) is 11.1. The highest BCUT2D eigenvalue weighted by Gasteiger charge is 2.32. The second-order valence-electron chi connectivity index (χ2n) is 11.1. The molecular weight excluding hydrogens is 386 g/mol. The van der Waals surface area contributed by atoms with E-state index in [1.807, 2.05) is 20.8 Å². The molecular formula is C26H53N3O2. The largest absolute Gasteiger partial charge is 0.315 e. The number of carbonyl (C=O) groups excluding carboxylic acids is 2. The zero-order valence-electron chi connectivity index (χ0n) is 22.1. The average molecular weight is 440 g/mol. The Morgan fingerprint density at radius 1 is 0.710 bits per heavy atom. The van der Waals surface area contributed by atoms with Crippen LogP contribution in [-0.2, 0) is 9.59 Å². The Morgan fingerprint density at radius 3 is 1.61 bits per heavy atom. The fourth-order valence-electron chi connectivity index (χ4n) is 3.83. The van der Waals surface area contributed by atoms with Gasteiger partial charge in [-0.05, 0) is 38.8 Å². The summed E-state index contributed by atoms with van der Waals surface area (Å²) in [5.74, 6) is 0.251. The molecule has 0 saturated carbocycles. The zero-order chi connectivity index (χ0) is 24.0. The molecule has 0 amide bonds. The molecule has 0 spiro atoms. The second kappa shape index (κ2) is 15.9. The predicted molar refractivity (Wildman–Crippen MR) is 134 cm³/mol. The maximum atomic E-state index is 13.2. The van der Waals surface area contributed by atoms with Gasteiger partial charge in [-0.2, -0.15) is 0 Å². The van der Waals surface area contributed by atoms with Gasteiger partial charge in [0.05, 0.1) is 6.04 Å². The molecule has 1 unspecified atom stereocenters. The minimum Gasteiger partial charge on any atom is -0.315 e. The number of rotatable bonds is 18. The van der Waals surface area contributed by atoms with E-state index in [1.54, 1.807) is 0 Å². The molecule has 0 radical (unpaired) electrons. The van der Waals surface area contributed by atoms with Gasteiger partial charge in [-0.25, -0.2) is 0 Å². The van der Waals surface area contributed by atoms with E-state index in [0.29, 0.717) is 18.5 Å². The molecule has 5 nitrogen and oxygen atoms in total. The summed E-state index contributed by atoms with van der Waals surface area (Å²) in [6.07, 6.45) is 6.09. The Balaban J connectivity index is 4.92. The number of unbranched alkanes of at least 4 members (excludes halogenated alkanes) is 2. The zero-order valence-corrected chi connectivity index (χ0v) is 22.1. The van der Waals surface area contributed by atoms with E-state index in [-0.39, 0.29) is 29.6 Å². The third kappa shape index (κ3) is 15.6. The van der Waals surface area contributed by atoms with Crippen LogP contribution in [-0.4, -0.2) is 48.8 Å². The average Bonchev–Trinajstić information content (AvgIpc) is 2.63. The van der Waals surface area contributed by atoms with Crippen LogP contribution in [0.3, 0.4) is 0 Å². The Morgan fingerprint density at radius 2 is 1.19 bits per heavy atom. The molecule has 0 aliphatic rings. The van der Waals surface area contributed by atoms with Crippen LogP contribution >= 0.6 is 0 Å². The highest BCUT2D eigenvalue weighted by atomic mass is 16.1. The molecule has 2 atom stereocenters. The van der Waals surface area contributed by atoms with Crippen LogP contribution in [0.15, 0.2) is 0 Å². The third-order valence-electron chi connectivity index (χ3n) is 5.48. The molecule has 5 heteroatoms. The van der Waals surface area contributed by atoms with Gasteiger partial charge in [0.2, 0.25) is 0 Å². The third-order valence-corrected chi connectivity index (χ3v) is 5.48. The van der Waals surface area contributed by atoms with Crippen molar-refractivity contribution in [3.8, 4) is 0 Å². The number of nitrogens with one attached hydrogen (secondary N) is 3. The lowest BCUT2D eigenvalue weighted by Crippen LogP contribution is -2.42. The summed E-state index contributed by atoms with van der Waals surface area (Å²) in [7, 11) is 0. The van der Waals surface area contributed by atoms with Crippen LogP contribution in [0.25, 0.3) is 0 Å². The van der Waals surface area contributed by atoms with Gasteiger partial charge in [-0.15, -0.1) is 0 Å². The monoisotopic (exact) mass is 439 g/mol. The summed E-state index contributed by atoms with van der Waals surface area (Å²) in [5.41, 5.74) is -0.412. The first-order valence-corrected chi connectivity index (χ1v) is 12.6. The first kappa shape index (κ1) is 30.2. The van der Waals surface area contributed by atoms with Crippen molar-refractivity contribution < 1.29 is 9.59 Å². The lowest BCUT2D eigenvalue weighted by molar-refractivity contribution is -0.134. The normalized spacial score (nSPS) is 14.5. The van der Waals surface area contributed by atoms with Gasteiger partial charge >= 0.3 is 0 Å². The summed E-state index contributed by atoms with van der Waals surface area (Å²) in [4.78, 5) is 26.3. The summed E-state index contributed by atoms with van der Waals surface area (Å²) < 4.78 is 0. The van der Waals surface area contributed by atoms with E-state index in [0.717, 1.165) is 51.6 Å². The summed E-state index contributed by atoms with van der Waals surface area (Å²) >= 11 is 0. The number of hydrogen-bond donors (Lipinski definition) is 3. The molecule has 0 fully saturated rings. The van der Waals surface area contributed by atoms with E-state index >= 15 is 0 Å². The van der Waals surface area contributed by atoms with Gasteiger partial charge in [0.25, 0.3) is 0 Å². The van der Waals surface area contributed by atoms with Crippen molar-refractivity contribution in [2.75, 3.05) is 13.1 Å². The van der Waals surface area contributed by atoms with E-state index in [1.165, 1.54) is 0 Å². The van der Waals surface area contributed by atoms with Crippen LogP contribution in [0.2, 0.25) is 0 Å². The molecule has 0 aromatic carbocycles. The van der Waals surface area contributed by atoms with Crippen molar-refractivity contribution in [2.24, 2.45) is 11.3 Å². The van der Waals surface area contributed by atoms with Crippen LogP contribution in [0.1, 0.15) is 107 Å². The summed E-state index contributed by atoms with van der Waals surface area (Å²) in [5, 5.41) is 10.3. The van der Waals surface area contributed by atoms with Crippen molar-refractivity contribution >= 4 is 11.6 Å². The van der Waals surface area contributed by atoms with Crippen LogP contribution < -0.4 is 16.0 Å². The molecule has 0 aliphatic carbocycles. The van der Waals surface area contributed by atoms with Gasteiger partial charge in [-0.1, -0.05) is 75.2 Å². The van der Waals surface area contributed by atoms with Crippen molar-refractivity contribution in [1.82, 2.24) is 16.0 Å². The first-order chi connectivity index (χ1) is 14.3. The topological polar surface area (TPSA) is 70.2 Å². The quantitative estimate of drug-likeness (QED) is 0.266. The van der Waals surface area contributed by atoms with Crippen molar-refractivity contribution in [3.05, 3.63) is 0 Å². The van der Waals surface area contributed by atoms with Gasteiger partial charge in [-0.3, -0.25) is 9.59 Å². The lowest BCUT2D eigenvalue weighted by Gasteiger charge is -2.27. The molecule has 184 valence electrons. The first-order valence-electron chi connectivity index (χ1n) is 12.6. The van der Waals surface area contributed by atoms with Crippen LogP contribution in [0.5, 0.6) is 0 Å². The molecule has 0 aliphatic heterocycles. The van der Waals surface area contributed by atoms with Crippen molar-refractivity contribution in [2.45, 2.75) is 131 Å². The van der Waals surface area contributed by atoms with Crippen LogP contribution in [0, 0.1) is 11.3 Å². The Labute approximate surface area is 193 Å². The molecule has 31 heavy (non-hydrogen) atoms. The molecule has 0 heterocycles. The van der Waals surface area contributed by atoms with E-state index in [9.17, 15) is 9.59 Å². The van der Waals surface area contributed by atoms with E-state index < -0.39 is 5.41 Å². The summed E-state index contributed by atoms with van der Waals surface area (Å²) in [6, 6.07) is 1.07. The SMILES string of the molecule is CC(C)NCCCCC(CC(=O)[C@H](CCCCNC(C)C)NC(C)C)C(=O)C(C)(C)C. The molecule has 0 saturated heterocycles. The maximum absolute atomic E-state index is 13.2. The molecule has 0 rings (SSSR count). The van der Waals surface area contributed by atoms with Gasteiger partial charge in [0, 0.05) is 35.9 Å². The number of hydrogen-bond acceptors (Lipinski definition) is 5. The van der Waals surface area contributed by atoms with Crippen molar-refractivity contribution in [3.63, 3.8) is 0 Å². The lowest BCUT2D eigenvalue weighted by atomic mass is 9.78. The van der Waals surface area contributed by atoms with E-state index in [2.05, 4.69) is 57.5 Å². The Hall–Kier alpha value is -0.780. The smallest absolute Gasteiger partial charge is 0.150 e. The van der Waals surface area contributed by atoms with Crippen LogP contribution in [0.4, 0.5) is 0 Å². The number of carbonyl (C=O) groups is 2. The Kier molecular flexibility index (Phi) is 15.5. The number of ketones is 2. The minimum absolute atomic E-state index is 0.156.